The first kappa shape index (κ1) is 17.4. The fraction of sp³-hybridized carbons (Fsp3) is 0.571. The zero-order valence-corrected chi connectivity index (χ0v) is 16.2. The Morgan fingerprint density at radius 1 is 1.29 bits per heavy atom. The molecule has 1 heterocycles. The van der Waals surface area contributed by atoms with Gasteiger partial charge in [0, 0.05) is 28.1 Å². The molecule has 2 rings (SSSR count). The lowest BCUT2D eigenvalue weighted by molar-refractivity contribution is 0.249. The summed E-state index contributed by atoms with van der Waals surface area (Å²) in [7, 11) is -1.63. The highest BCUT2D eigenvalue weighted by molar-refractivity contribution is 9.11. The van der Waals surface area contributed by atoms with Gasteiger partial charge in [0.15, 0.2) is 0 Å². The summed E-state index contributed by atoms with van der Waals surface area (Å²) in [5.41, 5.74) is 1.01. The number of rotatable bonds is 4. The highest BCUT2D eigenvalue weighted by atomic mass is 79.9. The van der Waals surface area contributed by atoms with Crippen LogP contribution >= 0.6 is 31.9 Å². The monoisotopic (exact) mass is 438 g/mol. The van der Waals surface area contributed by atoms with Gasteiger partial charge in [-0.25, -0.2) is 8.42 Å². The molecule has 1 aromatic rings. The van der Waals surface area contributed by atoms with Crippen molar-refractivity contribution >= 4 is 41.9 Å². The van der Waals surface area contributed by atoms with Crippen molar-refractivity contribution in [3.63, 3.8) is 0 Å². The van der Waals surface area contributed by atoms with Gasteiger partial charge in [-0.1, -0.05) is 22.4 Å². The molecule has 0 amide bonds. The Morgan fingerprint density at radius 3 is 2.67 bits per heavy atom. The molecule has 0 saturated carbocycles. The minimum Gasteiger partial charge on any atom is -0.318 e. The second-order valence-corrected chi connectivity index (χ2v) is 8.92. The predicted octanol–water partition coefficient (Wildman–Crippen LogP) is 3.28. The van der Waals surface area contributed by atoms with Gasteiger partial charge in [-0.2, -0.15) is 4.31 Å². The third kappa shape index (κ3) is 3.69. The van der Waals surface area contributed by atoms with Crippen LogP contribution in [-0.4, -0.2) is 38.9 Å². The van der Waals surface area contributed by atoms with Gasteiger partial charge >= 0.3 is 0 Å². The summed E-state index contributed by atoms with van der Waals surface area (Å²) in [5, 5.41) is 3.10. The fourth-order valence-corrected chi connectivity index (χ4v) is 6.02. The molecule has 1 aromatic carbocycles. The quantitative estimate of drug-likeness (QED) is 0.782. The van der Waals surface area contributed by atoms with Crippen LogP contribution in [-0.2, 0) is 10.0 Å². The predicted molar refractivity (Wildman–Crippen MR) is 92.0 cm³/mol. The molecule has 0 radical (unpaired) electrons. The topological polar surface area (TPSA) is 49.4 Å². The van der Waals surface area contributed by atoms with E-state index in [2.05, 4.69) is 37.2 Å². The van der Waals surface area contributed by atoms with Crippen LogP contribution in [0, 0.1) is 6.92 Å². The molecule has 1 N–H and O–H groups in total. The average Bonchev–Trinajstić information content (AvgIpc) is 2.43. The van der Waals surface area contributed by atoms with E-state index in [4.69, 9.17) is 0 Å². The number of hydrogen-bond donors (Lipinski definition) is 1. The zero-order chi connectivity index (χ0) is 15.6. The molecule has 118 valence electrons. The molecular weight excluding hydrogens is 420 g/mol. The Bertz CT molecular complexity index is 618. The maximum Gasteiger partial charge on any atom is 0.244 e. The SMILES string of the molecule is CNCC1CCCCN1S(=O)(=O)c1cc(Br)c(C)cc1Br. The van der Waals surface area contributed by atoms with Crippen molar-refractivity contribution in [3.05, 3.63) is 26.6 Å². The Labute approximate surface area is 143 Å². The van der Waals surface area contributed by atoms with Crippen molar-refractivity contribution in [3.8, 4) is 0 Å². The molecule has 1 fully saturated rings. The first-order valence-corrected chi connectivity index (χ1v) is 10.0. The second-order valence-electron chi connectivity index (χ2n) is 5.35. The lowest BCUT2D eigenvalue weighted by atomic mass is 10.1. The standard InChI is InChI=1S/C14H20Br2N2O2S/c1-10-7-13(16)14(8-12(10)15)21(19,20)18-6-4-3-5-11(18)9-17-2/h7-8,11,17H,3-6,9H2,1-2H3. The number of aryl methyl sites for hydroxylation is 1. The first-order chi connectivity index (χ1) is 9.87. The molecule has 0 aromatic heterocycles. The first-order valence-electron chi connectivity index (χ1n) is 7.00. The Kier molecular flexibility index (Phi) is 5.87. The maximum atomic E-state index is 13.0. The van der Waals surface area contributed by atoms with Crippen LogP contribution in [0.4, 0.5) is 0 Å². The Morgan fingerprint density at radius 2 is 2.00 bits per heavy atom. The molecule has 4 nitrogen and oxygen atoms in total. The summed E-state index contributed by atoms with van der Waals surface area (Å²) in [6, 6.07) is 3.56. The van der Waals surface area contributed by atoms with Crippen molar-refractivity contribution in [1.82, 2.24) is 9.62 Å². The van der Waals surface area contributed by atoms with Gasteiger partial charge in [0.05, 0.1) is 4.90 Å². The number of halogens is 2. The molecular formula is C14H20Br2N2O2S. The van der Waals surface area contributed by atoms with Gasteiger partial charge in [-0.3, -0.25) is 0 Å². The summed E-state index contributed by atoms with van der Waals surface area (Å²) >= 11 is 6.83. The van der Waals surface area contributed by atoms with Crippen LogP contribution in [0.15, 0.2) is 26.0 Å². The molecule has 0 aliphatic carbocycles. The molecule has 0 spiro atoms. The van der Waals surface area contributed by atoms with E-state index in [1.54, 1.807) is 10.4 Å². The summed E-state index contributed by atoms with van der Waals surface area (Å²) in [6.45, 7) is 3.21. The normalized spacial score (nSPS) is 20.7. The number of nitrogens with zero attached hydrogens (tertiary/aromatic N) is 1. The molecule has 1 aliphatic rings. The van der Waals surface area contributed by atoms with Crippen molar-refractivity contribution in [2.45, 2.75) is 37.1 Å². The summed E-state index contributed by atoms with van der Waals surface area (Å²) in [5.74, 6) is 0. The van der Waals surface area contributed by atoms with Crippen molar-refractivity contribution in [2.24, 2.45) is 0 Å². The van der Waals surface area contributed by atoms with Crippen LogP contribution in [0.1, 0.15) is 24.8 Å². The number of sulfonamides is 1. The van der Waals surface area contributed by atoms with Gasteiger partial charge < -0.3 is 5.32 Å². The van der Waals surface area contributed by atoms with Crippen molar-refractivity contribution < 1.29 is 8.42 Å². The van der Waals surface area contributed by atoms with E-state index in [0.717, 1.165) is 29.3 Å². The van der Waals surface area contributed by atoms with Crippen LogP contribution in [0.2, 0.25) is 0 Å². The number of piperidine rings is 1. The third-order valence-corrected chi connectivity index (χ3v) is 7.58. The summed E-state index contributed by atoms with van der Waals surface area (Å²) in [6.07, 6.45) is 2.91. The number of benzene rings is 1. The van der Waals surface area contributed by atoms with Gasteiger partial charge in [0.1, 0.15) is 0 Å². The number of nitrogens with one attached hydrogen (secondary N) is 1. The summed E-state index contributed by atoms with van der Waals surface area (Å²) in [4.78, 5) is 0.336. The molecule has 7 heteroatoms. The minimum absolute atomic E-state index is 0.0285. The molecule has 21 heavy (non-hydrogen) atoms. The highest BCUT2D eigenvalue weighted by Gasteiger charge is 2.34. The van der Waals surface area contributed by atoms with E-state index in [-0.39, 0.29) is 6.04 Å². The van der Waals surface area contributed by atoms with Gasteiger partial charge in [0.2, 0.25) is 10.0 Å². The molecule has 1 atom stereocenters. The van der Waals surface area contributed by atoms with Gasteiger partial charge in [-0.15, -0.1) is 0 Å². The lowest BCUT2D eigenvalue weighted by Gasteiger charge is -2.34. The minimum atomic E-state index is -3.49. The smallest absolute Gasteiger partial charge is 0.244 e. The molecule has 0 bridgehead atoms. The van der Waals surface area contributed by atoms with E-state index < -0.39 is 10.0 Å². The Hall–Kier alpha value is 0.0500. The van der Waals surface area contributed by atoms with Crippen LogP contribution in [0.3, 0.4) is 0 Å². The van der Waals surface area contributed by atoms with Gasteiger partial charge in [-0.05, 0) is 60.4 Å². The number of likely N-dealkylation sites (N-methyl/N-ethyl adjacent to an activating group) is 1. The third-order valence-electron chi connectivity index (χ3n) is 3.81. The van der Waals surface area contributed by atoms with E-state index in [0.29, 0.717) is 22.5 Å². The molecule has 1 saturated heterocycles. The lowest BCUT2D eigenvalue weighted by Crippen LogP contribution is -2.47. The zero-order valence-electron chi connectivity index (χ0n) is 12.2. The molecule has 1 unspecified atom stereocenters. The van der Waals surface area contributed by atoms with Crippen molar-refractivity contribution in [2.75, 3.05) is 20.1 Å². The number of hydrogen-bond acceptors (Lipinski definition) is 3. The van der Waals surface area contributed by atoms with E-state index in [9.17, 15) is 8.42 Å². The fourth-order valence-electron chi connectivity index (χ4n) is 2.68. The Balaban J connectivity index is 2.43. The van der Waals surface area contributed by atoms with Gasteiger partial charge in [0.25, 0.3) is 0 Å². The maximum absolute atomic E-state index is 13.0. The van der Waals surface area contributed by atoms with Crippen molar-refractivity contribution in [1.29, 1.82) is 0 Å². The van der Waals surface area contributed by atoms with Crippen LogP contribution in [0.5, 0.6) is 0 Å². The average molecular weight is 440 g/mol. The second kappa shape index (κ2) is 7.08. The molecule has 1 aliphatic heterocycles. The summed E-state index contributed by atoms with van der Waals surface area (Å²) < 4.78 is 29.1. The largest absolute Gasteiger partial charge is 0.318 e. The van der Waals surface area contributed by atoms with E-state index >= 15 is 0 Å². The highest BCUT2D eigenvalue weighted by Crippen LogP contribution is 2.33. The van der Waals surface area contributed by atoms with E-state index in [1.807, 2.05) is 20.0 Å². The van der Waals surface area contributed by atoms with Crippen LogP contribution in [0.25, 0.3) is 0 Å². The van der Waals surface area contributed by atoms with Crippen LogP contribution < -0.4 is 5.32 Å². The van der Waals surface area contributed by atoms with E-state index in [1.165, 1.54) is 0 Å².